The molecule has 0 saturated heterocycles. The van der Waals surface area contributed by atoms with E-state index in [0.717, 1.165) is 15.9 Å². The normalized spacial score (nSPS) is 12.2. The fourth-order valence-electron chi connectivity index (χ4n) is 3.81. The minimum atomic E-state index is -3.87. The van der Waals surface area contributed by atoms with Crippen molar-refractivity contribution < 1.29 is 22.4 Å². The molecule has 3 rings (SSSR count). The highest BCUT2D eigenvalue weighted by Gasteiger charge is 2.31. The lowest BCUT2D eigenvalue weighted by molar-refractivity contribution is -0.139. The van der Waals surface area contributed by atoms with Crippen molar-refractivity contribution in [3.05, 3.63) is 78.1 Å². The molecule has 0 aliphatic carbocycles. The van der Waals surface area contributed by atoms with E-state index in [9.17, 15) is 22.4 Å². The van der Waals surface area contributed by atoms with Crippen LogP contribution in [0.5, 0.6) is 0 Å². The molecule has 0 aromatic heterocycles. The average Bonchev–Trinajstić information content (AvgIpc) is 2.83. The number of halogens is 1. The number of anilines is 1. The first-order chi connectivity index (χ1) is 16.6. The van der Waals surface area contributed by atoms with Gasteiger partial charge in [0.1, 0.15) is 18.4 Å². The van der Waals surface area contributed by atoms with Crippen LogP contribution >= 0.6 is 0 Å². The molecule has 0 aliphatic rings. The molecule has 0 bridgehead atoms. The molecule has 3 aromatic carbocycles. The summed E-state index contributed by atoms with van der Waals surface area (Å²) in [6.45, 7) is 3.16. The van der Waals surface area contributed by atoms with Crippen LogP contribution in [-0.2, 0) is 26.2 Å². The second kappa shape index (κ2) is 11.3. The van der Waals surface area contributed by atoms with Gasteiger partial charge in [-0.2, -0.15) is 0 Å². The Morgan fingerprint density at radius 1 is 1.00 bits per heavy atom. The van der Waals surface area contributed by atoms with E-state index in [0.29, 0.717) is 24.0 Å². The van der Waals surface area contributed by atoms with E-state index in [4.69, 9.17) is 0 Å². The first kappa shape index (κ1) is 26.2. The summed E-state index contributed by atoms with van der Waals surface area (Å²) < 4.78 is 41.1. The minimum absolute atomic E-state index is 0.181. The van der Waals surface area contributed by atoms with E-state index in [2.05, 4.69) is 5.32 Å². The van der Waals surface area contributed by atoms with Crippen molar-refractivity contribution in [1.82, 2.24) is 10.2 Å². The van der Waals surface area contributed by atoms with Crippen molar-refractivity contribution in [2.75, 3.05) is 23.7 Å². The van der Waals surface area contributed by atoms with E-state index in [-0.39, 0.29) is 12.1 Å². The van der Waals surface area contributed by atoms with Gasteiger partial charge < -0.3 is 10.2 Å². The molecule has 2 amide bonds. The predicted molar refractivity (Wildman–Crippen MR) is 136 cm³/mol. The van der Waals surface area contributed by atoms with Crippen LogP contribution < -0.4 is 9.62 Å². The van der Waals surface area contributed by atoms with E-state index in [1.54, 1.807) is 37.3 Å². The van der Waals surface area contributed by atoms with Crippen molar-refractivity contribution in [1.29, 1.82) is 0 Å². The van der Waals surface area contributed by atoms with Gasteiger partial charge in [-0.15, -0.1) is 0 Å². The van der Waals surface area contributed by atoms with Gasteiger partial charge in [-0.3, -0.25) is 13.9 Å². The topological polar surface area (TPSA) is 86.8 Å². The Bertz CT molecular complexity index is 1310. The third-order valence-electron chi connectivity index (χ3n) is 5.73. The maximum absolute atomic E-state index is 14.4. The molecular weight excluding hydrogens is 469 g/mol. The van der Waals surface area contributed by atoms with Crippen molar-refractivity contribution in [3.63, 3.8) is 0 Å². The van der Waals surface area contributed by atoms with E-state index >= 15 is 0 Å². The fourth-order valence-corrected chi connectivity index (χ4v) is 4.67. The predicted octanol–water partition coefficient (Wildman–Crippen LogP) is 3.69. The number of benzene rings is 3. The Kier molecular flexibility index (Phi) is 8.45. The van der Waals surface area contributed by atoms with Gasteiger partial charge in [0.2, 0.25) is 21.8 Å². The molecule has 186 valence electrons. The minimum Gasteiger partial charge on any atom is -0.354 e. The van der Waals surface area contributed by atoms with Crippen LogP contribution in [0.4, 0.5) is 10.1 Å². The third kappa shape index (κ3) is 6.36. The van der Waals surface area contributed by atoms with Crippen molar-refractivity contribution in [2.24, 2.45) is 0 Å². The summed E-state index contributed by atoms with van der Waals surface area (Å²) in [4.78, 5) is 27.5. The largest absolute Gasteiger partial charge is 0.354 e. The Morgan fingerprint density at radius 2 is 1.66 bits per heavy atom. The molecule has 3 aromatic rings. The summed E-state index contributed by atoms with van der Waals surface area (Å²) >= 11 is 0. The zero-order chi connectivity index (χ0) is 25.6. The Hall–Kier alpha value is -3.46. The molecule has 0 unspecified atom stereocenters. The molecule has 0 spiro atoms. The smallest absolute Gasteiger partial charge is 0.244 e. The van der Waals surface area contributed by atoms with E-state index in [1.165, 1.54) is 23.1 Å². The van der Waals surface area contributed by atoms with Crippen LogP contribution in [0.3, 0.4) is 0 Å². The molecule has 1 N–H and O–H groups in total. The lowest BCUT2D eigenvalue weighted by Gasteiger charge is -2.31. The SMILES string of the molecule is CCCNC(=O)[C@@H](C)N(Cc1ccccc1F)C(=O)CN(c1cccc2ccccc12)S(C)(=O)=O. The summed E-state index contributed by atoms with van der Waals surface area (Å²) in [6.07, 6.45) is 1.74. The van der Waals surface area contributed by atoms with Gasteiger partial charge in [0.25, 0.3) is 0 Å². The Balaban J connectivity index is 1.99. The lowest BCUT2D eigenvalue weighted by Crippen LogP contribution is -2.51. The summed E-state index contributed by atoms with van der Waals surface area (Å²) in [6, 6.07) is 17.5. The second-order valence-corrected chi connectivity index (χ2v) is 10.3. The van der Waals surface area contributed by atoms with Crippen molar-refractivity contribution >= 4 is 38.3 Å². The zero-order valence-corrected chi connectivity index (χ0v) is 20.9. The molecule has 35 heavy (non-hydrogen) atoms. The highest BCUT2D eigenvalue weighted by molar-refractivity contribution is 7.92. The van der Waals surface area contributed by atoms with Crippen LogP contribution in [0.2, 0.25) is 0 Å². The number of rotatable bonds is 10. The molecule has 0 aliphatic heterocycles. The first-order valence-electron chi connectivity index (χ1n) is 11.4. The Labute approximate surface area is 205 Å². The highest BCUT2D eigenvalue weighted by Crippen LogP contribution is 2.28. The van der Waals surface area contributed by atoms with Gasteiger partial charge in [-0.05, 0) is 30.9 Å². The van der Waals surface area contributed by atoms with E-state index < -0.39 is 40.2 Å². The fraction of sp³-hybridized carbons (Fsp3) is 0.308. The molecule has 0 radical (unpaired) electrons. The number of nitrogens with one attached hydrogen (secondary N) is 1. The summed E-state index contributed by atoms with van der Waals surface area (Å²) in [7, 11) is -3.87. The maximum Gasteiger partial charge on any atom is 0.244 e. The third-order valence-corrected chi connectivity index (χ3v) is 6.86. The second-order valence-electron chi connectivity index (χ2n) is 8.35. The molecule has 0 saturated carbocycles. The molecule has 9 heteroatoms. The molecule has 0 fully saturated rings. The number of fused-ring (bicyclic) bond motifs is 1. The van der Waals surface area contributed by atoms with Gasteiger partial charge in [0, 0.05) is 24.0 Å². The summed E-state index contributed by atoms with van der Waals surface area (Å²) in [5.74, 6) is -1.53. The van der Waals surface area contributed by atoms with Crippen molar-refractivity contribution in [2.45, 2.75) is 32.9 Å². The standard InChI is InChI=1S/C26H30FN3O4S/c1-4-16-28-26(32)19(2)29(17-21-11-6-8-14-23(21)27)25(31)18-30(35(3,33)34)24-15-9-12-20-10-5-7-13-22(20)24/h5-15,19H,4,16-18H2,1-3H3,(H,28,32)/t19-/m1/s1. The van der Waals surface area contributed by atoms with Crippen LogP contribution in [0.1, 0.15) is 25.8 Å². The molecule has 7 nitrogen and oxygen atoms in total. The molecular formula is C26H30FN3O4S. The van der Waals surface area contributed by atoms with Gasteiger partial charge >= 0.3 is 0 Å². The quantitative estimate of drug-likeness (QED) is 0.461. The van der Waals surface area contributed by atoms with Crippen LogP contribution in [0, 0.1) is 5.82 Å². The maximum atomic E-state index is 14.4. The number of carbonyl (C=O) groups is 2. The number of hydrogen-bond acceptors (Lipinski definition) is 4. The van der Waals surface area contributed by atoms with Crippen LogP contribution in [-0.4, -0.2) is 50.5 Å². The number of nitrogens with zero attached hydrogens (tertiary/aromatic N) is 2. The van der Waals surface area contributed by atoms with Crippen molar-refractivity contribution in [3.8, 4) is 0 Å². The van der Waals surface area contributed by atoms with E-state index in [1.807, 2.05) is 25.1 Å². The number of amides is 2. The summed E-state index contributed by atoms with van der Waals surface area (Å²) in [5, 5.41) is 4.24. The zero-order valence-electron chi connectivity index (χ0n) is 20.1. The monoisotopic (exact) mass is 499 g/mol. The van der Waals surface area contributed by atoms with Gasteiger partial charge in [-0.25, -0.2) is 12.8 Å². The van der Waals surface area contributed by atoms with Crippen LogP contribution in [0.25, 0.3) is 10.8 Å². The van der Waals surface area contributed by atoms with Gasteiger partial charge in [0.05, 0.1) is 11.9 Å². The average molecular weight is 500 g/mol. The molecule has 1 atom stereocenters. The first-order valence-corrected chi connectivity index (χ1v) is 13.2. The lowest BCUT2D eigenvalue weighted by atomic mass is 10.1. The number of hydrogen-bond donors (Lipinski definition) is 1. The summed E-state index contributed by atoms with van der Waals surface area (Å²) in [5.41, 5.74) is 0.583. The van der Waals surface area contributed by atoms with Gasteiger partial charge in [0.15, 0.2) is 0 Å². The number of carbonyl (C=O) groups excluding carboxylic acids is 2. The van der Waals surface area contributed by atoms with Gasteiger partial charge in [-0.1, -0.05) is 61.5 Å². The Morgan fingerprint density at radius 3 is 2.34 bits per heavy atom. The highest BCUT2D eigenvalue weighted by atomic mass is 32.2. The molecule has 0 heterocycles. The number of sulfonamides is 1. The van der Waals surface area contributed by atoms with Crippen LogP contribution in [0.15, 0.2) is 66.7 Å².